The molecule has 4 amide bonds. The van der Waals surface area contributed by atoms with E-state index < -0.39 is 17.8 Å². The zero-order valence-electron chi connectivity index (χ0n) is 15.8. The first-order valence-electron chi connectivity index (χ1n) is 8.89. The summed E-state index contributed by atoms with van der Waals surface area (Å²) < 4.78 is 1.93. The molecule has 2 heterocycles. The van der Waals surface area contributed by atoms with Crippen molar-refractivity contribution in [3.05, 3.63) is 70.9 Å². The van der Waals surface area contributed by atoms with Crippen molar-refractivity contribution in [2.45, 2.75) is 13.8 Å². The maximum Gasteiger partial charge on any atom is 0.335 e. The first kappa shape index (κ1) is 17.7. The minimum absolute atomic E-state index is 0.0732. The van der Waals surface area contributed by atoms with Gasteiger partial charge in [0.15, 0.2) is 0 Å². The van der Waals surface area contributed by atoms with Gasteiger partial charge in [0, 0.05) is 29.7 Å². The van der Waals surface area contributed by atoms with E-state index in [1.54, 1.807) is 12.1 Å². The SMILES string of the molecule is Cc1ccc(N2C(=O)NC(=O)/C(=C\c3cn(C)c4ccccc34)C2=O)c(C)c1. The number of hydrogen-bond acceptors (Lipinski definition) is 3. The molecule has 0 radical (unpaired) electrons. The predicted molar refractivity (Wildman–Crippen MR) is 108 cm³/mol. The summed E-state index contributed by atoms with van der Waals surface area (Å²) in [5.74, 6) is -1.32. The van der Waals surface area contributed by atoms with Crippen molar-refractivity contribution in [1.29, 1.82) is 0 Å². The number of aryl methyl sites for hydroxylation is 3. The number of urea groups is 1. The molecule has 3 aromatic rings. The van der Waals surface area contributed by atoms with Crippen molar-refractivity contribution in [1.82, 2.24) is 9.88 Å². The summed E-state index contributed by atoms with van der Waals surface area (Å²) in [6, 6.07) is 12.4. The number of hydrogen-bond donors (Lipinski definition) is 1. The third-order valence-electron chi connectivity index (χ3n) is 4.92. The zero-order chi connectivity index (χ0) is 20.0. The van der Waals surface area contributed by atoms with Gasteiger partial charge in [0.05, 0.1) is 5.69 Å². The summed E-state index contributed by atoms with van der Waals surface area (Å²) in [5, 5.41) is 3.20. The molecular formula is C22H19N3O3. The molecule has 6 heteroatoms. The highest BCUT2D eigenvalue weighted by molar-refractivity contribution is 6.39. The second-order valence-electron chi connectivity index (χ2n) is 6.96. The first-order valence-corrected chi connectivity index (χ1v) is 8.89. The third kappa shape index (κ3) is 2.79. The number of fused-ring (bicyclic) bond motifs is 1. The van der Waals surface area contributed by atoms with E-state index in [1.807, 2.05) is 68.1 Å². The van der Waals surface area contributed by atoms with Crippen LogP contribution >= 0.6 is 0 Å². The third-order valence-corrected chi connectivity index (χ3v) is 4.92. The van der Waals surface area contributed by atoms with Crippen LogP contribution in [0.4, 0.5) is 10.5 Å². The Hall–Kier alpha value is -3.67. The van der Waals surface area contributed by atoms with E-state index in [-0.39, 0.29) is 5.57 Å². The number of amides is 4. The summed E-state index contributed by atoms with van der Waals surface area (Å²) in [6.07, 6.45) is 3.40. The van der Waals surface area contributed by atoms with Crippen molar-refractivity contribution >= 4 is 40.5 Å². The highest BCUT2D eigenvalue weighted by Gasteiger charge is 2.37. The van der Waals surface area contributed by atoms with Crippen molar-refractivity contribution < 1.29 is 14.4 Å². The first-order chi connectivity index (χ1) is 13.4. The molecule has 1 saturated heterocycles. The maximum atomic E-state index is 13.1. The number of nitrogens with one attached hydrogen (secondary N) is 1. The van der Waals surface area contributed by atoms with Crippen LogP contribution in [0.1, 0.15) is 16.7 Å². The van der Waals surface area contributed by atoms with Gasteiger partial charge >= 0.3 is 6.03 Å². The van der Waals surface area contributed by atoms with Gasteiger partial charge in [-0.1, -0.05) is 35.9 Å². The van der Waals surface area contributed by atoms with Crippen molar-refractivity contribution in [3.8, 4) is 0 Å². The number of benzene rings is 2. The molecule has 6 nitrogen and oxygen atoms in total. The molecule has 1 aliphatic rings. The molecule has 0 spiro atoms. The average Bonchev–Trinajstić information content (AvgIpc) is 2.96. The number of carbonyl (C=O) groups excluding carboxylic acids is 3. The summed E-state index contributed by atoms with van der Waals surface area (Å²) in [4.78, 5) is 39.0. The number of carbonyl (C=O) groups is 3. The van der Waals surface area contributed by atoms with E-state index in [0.717, 1.165) is 32.5 Å². The van der Waals surface area contributed by atoms with Crippen molar-refractivity contribution in [2.24, 2.45) is 7.05 Å². The number of aromatic nitrogens is 1. The van der Waals surface area contributed by atoms with E-state index in [1.165, 1.54) is 0 Å². The largest absolute Gasteiger partial charge is 0.350 e. The Bertz CT molecular complexity index is 1190. The van der Waals surface area contributed by atoms with Gasteiger partial charge in [-0.15, -0.1) is 0 Å². The second-order valence-corrected chi connectivity index (χ2v) is 6.96. The Labute approximate surface area is 162 Å². The molecular weight excluding hydrogens is 354 g/mol. The van der Waals surface area contributed by atoms with E-state index in [4.69, 9.17) is 0 Å². The van der Waals surface area contributed by atoms with Gasteiger partial charge in [0.2, 0.25) is 0 Å². The lowest BCUT2D eigenvalue weighted by Crippen LogP contribution is -2.54. The fourth-order valence-electron chi connectivity index (χ4n) is 3.58. The van der Waals surface area contributed by atoms with Crippen LogP contribution < -0.4 is 10.2 Å². The van der Waals surface area contributed by atoms with Gasteiger partial charge in [0.25, 0.3) is 11.8 Å². The van der Waals surface area contributed by atoms with Crippen molar-refractivity contribution in [2.75, 3.05) is 4.90 Å². The molecule has 0 atom stereocenters. The zero-order valence-corrected chi connectivity index (χ0v) is 15.8. The molecule has 140 valence electrons. The van der Waals surface area contributed by atoms with Gasteiger partial charge in [-0.05, 0) is 37.6 Å². The van der Waals surface area contributed by atoms with Crippen LogP contribution in [-0.4, -0.2) is 22.4 Å². The van der Waals surface area contributed by atoms with Crippen LogP contribution in [0.3, 0.4) is 0 Å². The maximum absolute atomic E-state index is 13.1. The molecule has 1 aromatic heterocycles. The van der Waals surface area contributed by atoms with Gasteiger partial charge in [-0.3, -0.25) is 14.9 Å². The minimum Gasteiger partial charge on any atom is -0.350 e. The van der Waals surface area contributed by atoms with Crippen LogP contribution in [0, 0.1) is 13.8 Å². The summed E-state index contributed by atoms with van der Waals surface area (Å²) in [5.41, 5.74) is 3.92. The highest BCUT2D eigenvalue weighted by Crippen LogP contribution is 2.28. The summed E-state index contributed by atoms with van der Waals surface area (Å²) in [7, 11) is 1.90. The smallest absolute Gasteiger partial charge is 0.335 e. The van der Waals surface area contributed by atoms with Crippen LogP contribution in [0.2, 0.25) is 0 Å². The number of imide groups is 2. The fourth-order valence-corrected chi connectivity index (χ4v) is 3.58. The van der Waals surface area contributed by atoms with Gasteiger partial charge in [-0.25, -0.2) is 9.69 Å². The average molecular weight is 373 g/mol. The fraction of sp³-hybridized carbons (Fsp3) is 0.136. The number of para-hydroxylation sites is 1. The molecule has 0 bridgehead atoms. The standard InChI is InChI=1S/C22H19N3O3/c1-13-8-9-18(14(2)10-13)25-21(27)17(20(26)23-22(25)28)11-15-12-24(3)19-7-5-4-6-16(15)19/h4-12H,1-3H3,(H,23,26,28)/b17-11+. The van der Waals surface area contributed by atoms with Crippen molar-refractivity contribution in [3.63, 3.8) is 0 Å². The van der Waals surface area contributed by atoms with Gasteiger partial charge in [-0.2, -0.15) is 0 Å². The van der Waals surface area contributed by atoms with Gasteiger partial charge < -0.3 is 4.57 Å². The van der Waals surface area contributed by atoms with E-state index in [2.05, 4.69) is 5.32 Å². The van der Waals surface area contributed by atoms with Crippen LogP contribution in [0.25, 0.3) is 17.0 Å². The lowest BCUT2D eigenvalue weighted by atomic mass is 10.0. The van der Waals surface area contributed by atoms with E-state index in [0.29, 0.717) is 5.69 Å². The predicted octanol–water partition coefficient (Wildman–Crippen LogP) is 3.46. The topological polar surface area (TPSA) is 71.4 Å². The molecule has 1 fully saturated rings. The molecule has 0 aliphatic carbocycles. The monoisotopic (exact) mass is 373 g/mol. The molecule has 0 saturated carbocycles. The molecule has 4 rings (SSSR count). The molecule has 2 aromatic carbocycles. The Morgan fingerprint density at radius 2 is 1.75 bits per heavy atom. The lowest BCUT2D eigenvalue weighted by molar-refractivity contribution is -0.122. The molecule has 1 N–H and O–H groups in total. The van der Waals surface area contributed by atoms with E-state index in [9.17, 15) is 14.4 Å². The minimum atomic E-state index is -0.739. The molecule has 0 unspecified atom stereocenters. The Balaban J connectivity index is 1.82. The number of rotatable bonds is 2. The normalized spacial score (nSPS) is 16.2. The van der Waals surface area contributed by atoms with E-state index >= 15 is 0 Å². The Morgan fingerprint density at radius 3 is 2.50 bits per heavy atom. The number of barbiturate groups is 1. The quantitative estimate of drug-likeness (QED) is 0.552. The number of anilines is 1. The Morgan fingerprint density at radius 1 is 1.00 bits per heavy atom. The summed E-state index contributed by atoms with van der Waals surface area (Å²) >= 11 is 0. The lowest BCUT2D eigenvalue weighted by Gasteiger charge is -2.27. The highest BCUT2D eigenvalue weighted by atomic mass is 16.2. The van der Waals surface area contributed by atoms with Crippen LogP contribution in [0.15, 0.2) is 54.2 Å². The van der Waals surface area contributed by atoms with Crippen LogP contribution in [0.5, 0.6) is 0 Å². The molecule has 1 aliphatic heterocycles. The second kappa shape index (κ2) is 6.49. The Kier molecular flexibility index (Phi) is 4.11. The van der Waals surface area contributed by atoms with Crippen LogP contribution in [-0.2, 0) is 16.6 Å². The molecule has 28 heavy (non-hydrogen) atoms. The van der Waals surface area contributed by atoms with Gasteiger partial charge in [0.1, 0.15) is 5.57 Å². The summed E-state index contributed by atoms with van der Waals surface area (Å²) in [6.45, 7) is 3.76. The number of nitrogens with zero attached hydrogens (tertiary/aromatic N) is 2.